The first-order chi connectivity index (χ1) is 12.0. The van der Waals surface area contributed by atoms with E-state index in [4.69, 9.17) is 0 Å². The number of nitrogens with one attached hydrogen (secondary N) is 3. The minimum absolute atomic E-state index is 0.00847. The molecule has 0 radical (unpaired) electrons. The lowest BCUT2D eigenvalue weighted by Gasteiger charge is -2.47. The van der Waals surface area contributed by atoms with Crippen LogP contribution in [0.5, 0.6) is 0 Å². The predicted octanol–water partition coefficient (Wildman–Crippen LogP) is 1.38. The fourth-order valence-electron chi connectivity index (χ4n) is 4.00. The summed E-state index contributed by atoms with van der Waals surface area (Å²) in [6, 6.07) is 5.00. The molecule has 1 saturated heterocycles. The number of carboxylic acid groups (broad SMARTS) is 1. The van der Waals surface area contributed by atoms with E-state index in [1.807, 2.05) is 0 Å². The molecule has 140 valence electrons. The van der Waals surface area contributed by atoms with E-state index in [2.05, 4.69) is 43.8 Å². The van der Waals surface area contributed by atoms with Crippen molar-refractivity contribution in [3.05, 3.63) is 44.5 Å². The number of rotatable bonds is 5. The van der Waals surface area contributed by atoms with Crippen molar-refractivity contribution in [3.63, 3.8) is 0 Å². The number of carbonyl (C=O) groups is 1. The fourth-order valence-corrected chi connectivity index (χ4v) is 4.00. The number of aromatic carboxylic acids is 1. The Hall–Kier alpha value is -2.61. The molecule has 8 heteroatoms. The summed E-state index contributed by atoms with van der Waals surface area (Å²) in [6.45, 7) is 8.49. The maximum atomic E-state index is 11.8. The Balaban J connectivity index is 1.90. The minimum Gasteiger partial charge on any atom is -0.478 e. The summed E-state index contributed by atoms with van der Waals surface area (Å²) in [5.41, 5.74) is 1.72. The molecule has 2 heterocycles. The van der Waals surface area contributed by atoms with Gasteiger partial charge in [-0.15, -0.1) is 0 Å². The number of piperidine rings is 1. The minimum atomic E-state index is -1.13. The molecule has 4 N–H and O–H groups in total. The second-order valence-electron chi connectivity index (χ2n) is 8.23. The van der Waals surface area contributed by atoms with Crippen molar-refractivity contribution in [2.45, 2.75) is 57.7 Å². The maximum Gasteiger partial charge on any atom is 0.340 e. The molecule has 8 nitrogen and oxygen atoms in total. The average molecular weight is 360 g/mol. The monoisotopic (exact) mass is 360 g/mol. The average Bonchev–Trinajstić information content (AvgIpc) is 3.01. The SMILES string of the molecule is CC1(C)CC(Nc2cccc(Nn3c(=O)c3=O)c2C(=O)O)CC(C)(C)N1. The van der Waals surface area contributed by atoms with Crippen LogP contribution in [0, 0.1) is 0 Å². The van der Waals surface area contributed by atoms with Gasteiger partial charge in [0.25, 0.3) is 0 Å². The van der Waals surface area contributed by atoms with E-state index < -0.39 is 17.1 Å². The number of aromatic nitrogens is 1. The lowest BCUT2D eigenvalue weighted by atomic mass is 9.79. The molecule has 0 saturated carbocycles. The summed E-state index contributed by atoms with van der Waals surface area (Å²) >= 11 is 0. The Morgan fingerprint density at radius 1 is 1.12 bits per heavy atom. The predicted molar refractivity (Wildman–Crippen MR) is 99.7 cm³/mol. The molecule has 0 amide bonds. The Kier molecular flexibility index (Phi) is 4.18. The number of hydrogen-bond donors (Lipinski definition) is 4. The lowest BCUT2D eigenvalue weighted by Crippen LogP contribution is -2.60. The maximum absolute atomic E-state index is 11.8. The van der Waals surface area contributed by atoms with Gasteiger partial charge in [-0.1, -0.05) is 6.07 Å². The van der Waals surface area contributed by atoms with Gasteiger partial charge < -0.3 is 15.7 Å². The van der Waals surface area contributed by atoms with Crippen molar-refractivity contribution in [1.82, 2.24) is 9.99 Å². The molecule has 0 atom stereocenters. The van der Waals surface area contributed by atoms with Crippen LogP contribution < -0.4 is 27.2 Å². The zero-order valence-corrected chi connectivity index (χ0v) is 15.3. The highest BCUT2D eigenvalue weighted by molar-refractivity contribution is 6.00. The molecule has 0 aliphatic carbocycles. The Morgan fingerprint density at radius 3 is 2.15 bits per heavy atom. The van der Waals surface area contributed by atoms with E-state index in [1.165, 1.54) is 6.07 Å². The zero-order chi connectivity index (χ0) is 19.3. The zero-order valence-electron chi connectivity index (χ0n) is 15.3. The molecule has 3 rings (SSSR count). The van der Waals surface area contributed by atoms with Crippen molar-refractivity contribution in [2.24, 2.45) is 0 Å². The van der Waals surface area contributed by atoms with Gasteiger partial charge in [-0.25, -0.2) is 4.79 Å². The quantitative estimate of drug-likeness (QED) is 0.596. The fraction of sp³-hybridized carbons (Fsp3) is 0.500. The first-order valence-electron chi connectivity index (χ1n) is 8.56. The van der Waals surface area contributed by atoms with Crippen LogP contribution in [0.25, 0.3) is 0 Å². The van der Waals surface area contributed by atoms with Crippen LogP contribution in [0.3, 0.4) is 0 Å². The van der Waals surface area contributed by atoms with Gasteiger partial charge in [0, 0.05) is 17.1 Å². The van der Waals surface area contributed by atoms with Gasteiger partial charge in [0.15, 0.2) is 0 Å². The van der Waals surface area contributed by atoms with Crippen LogP contribution in [0.15, 0.2) is 27.8 Å². The molecule has 26 heavy (non-hydrogen) atoms. The first-order valence-corrected chi connectivity index (χ1v) is 8.56. The van der Waals surface area contributed by atoms with Crippen LogP contribution in [0.1, 0.15) is 50.9 Å². The number of benzene rings is 1. The number of nitrogens with zero attached hydrogens (tertiary/aromatic N) is 1. The summed E-state index contributed by atoms with van der Waals surface area (Å²) in [5, 5.41) is 16.6. The molecule has 1 aromatic carbocycles. The largest absolute Gasteiger partial charge is 0.478 e. The van der Waals surface area contributed by atoms with Gasteiger partial charge in [-0.3, -0.25) is 15.0 Å². The molecule has 1 fully saturated rings. The third-order valence-electron chi connectivity index (χ3n) is 4.60. The van der Waals surface area contributed by atoms with Crippen LogP contribution >= 0.6 is 0 Å². The Bertz CT molecular complexity index is 880. The van der Waals surface area contributed by atoms with Crippen LogP contribution in [0.4, 0.5) is 11.4 Å². The van der Waals surface area contributed by atoms with Gasteiger partial charge in [0.1, 0.15) is 5.56 Å². The molecule has 1 aliphatic rings. The van der Waals surface area contributed by atoms with Crippen LogP contribution in [-0.2, 0) is 0 Å². The summed E-state index contributed by atoms with van der Waals surface area (Å²) < 4.78 is 0.794. The van der Waals surface area contributed by atoms with E-state index in [1.54, 1.807) is 12.1 Å². The van der Waals surface area contributed by atoms with Crippen molar-refractivity contribution in [3.8, 4) is 0 Å². The number of hydrogen-bond acceptors (Lipinski definition) is 6. The third kappa shape index (κ3) is 3.65. The van der Waals surface area contributed by atoms with Gasteiger partial charge in [0.2, 0.25) is 0 Å². The normalized spacial score (nSPS) is 19.4. The summed E-state index contributed by atoms with van der Waals surface area (Å²) in [5.74, 6) is -1.13. The summed E-state index contributed by atoms with van der Waals surface area (Å²) in [7, 11) is 0. The number of anilines is 2. The van der Waals surface area contributed by atoms with Crippen molar-refractivity contribution >= 4 is 17.3 Å². The van der Waals surface area contributed by atoms with E-state index in [9.17, 15) is 19.5 Å². The molecule has 0 spiro atoms. The molecule has 1 aromatic heterocycles. The topological polar surface area (TPSA) is 112 Å². The number of carboxylic acids is 1. The van der Waals surface area contributed by atoms with Crippen molar-refractivity contribution < 1.29 is 9.90 Å². The second-order valence-corrected chi connectivity index (χ2v) is 8.23. The van der Waals surface area contributed by atoms with Crippen molar-refractivity contribution in [2.75, 3.05) is 10.7 Å². The molecule has 0 unspecified atom stereocenters. The van der Waals surface area contributed by atoms with E-state index in [-0.39, 0.29) is 28.4 Å². The van der Waals surface area contributed by atoms with Crippen LogP contribution in [0.2, 0.25) is 0 Å². The molecular weight excluding hydrogens is 336 g/mol. The highest BCUT2D eigenvalue weighted by Crippen LogP contribution is 2.32. The summed E-state index contributed by atoms with van der Waals surface area (Å²) in [4.78, 5) is 34.2. The van der Waals surface area contributed by atoms with Gasteiger partial charge in [-0.05, 0) is 52.7 Å². The first kappa shape index (κ1) is 18.2. The van der Waals surface area contributed by atoms with Crippen molar-refractivity contribution in [1.29, 1.82) is 0 Å². The highest BCUT2D eigenvalue weighted by Gasteiger charge is 2.38. The molecule has 1 aliphatic heterocycles. The lowest BCUT2D eigenvalue weighted by molar-refractivity contribution is 0.0699. The van der Waals surface area contributed by atoms with Gasteiger partial charge in [0.05, 0.1) is 11.4 Å². The van der Waals surface area contributed by atoms with E-state index in [0.717, 1.165) is 17.5 Å². The Labute approximate surface area is 150 Å². The van der Waals surface area contributed by atoms with E-state index >= 15 is 0 Å². The molecular formula is C18H24N4O4. The van der Waals surface area contributed by atoms with E-state index in [0.29, 0.717) is 5.69 Å². The second kappa shape index (κ2) is 5.98. The molecule has 2 aromatic rings. The Morgan fingerprint density at radius 2 is 1.65 bits per heavy atom. The van der Waals surface area contributed by atoms with Gasteiger partial charge >= 0.3 is 17.1 Å². The molecule has 0 bridgehead atoms. The summed E-state index contributed by atoms with van der Waals surface area (Å²) in [6.07, 6.45) is 1.66. The highest BCUT2D eigenvalue weighted by atomic mass is 16.4. The van der Waals surface area contributed by atoms with Gasteiger partial charge in [-0.2, -0.15) is 4.68 Å². The third-order valence-corrected chi connectivity index (χ3v) is 4.60. The standard InChI is InChI=1S/C18H24N4O4/c1-17(2)8-10(9-18(3,4)21-17)19-11-6-5-7-12(13(11)16(25)26)20-22-14(23)15(22)24/h5-7,10,19-21H,8-9H2,1-4H3,(H,25,26). The smallest absolute Gasteiger partial charge is 0.340 e. The van der Waals surface area contributed by atoms with Crippen LogP contribution in [-0.4, -0.2) is 32.9 Å².